The van der Waals surface area contributed by atoms with Crippen molar-refractivity contribution in [2.24, 2.45) is 5.10 Å². The number of carbonyl (C=O) groups is 3. The monoisotopic (exact) mass is 532 g/mol. The molecule has 5 rings (SSSR count). The lowest BCUT2D eigenvalue weighted by molar-refractivity contribution is -0.155. The van der Waals surface area contributed by atoms with E-state index < -0.39 is 30.6 Å². The van der Waals surface area contributed by atoms with Crippen LogP contribution in [0.3, 0.4) is 0 Å². The van der Waals surface area contributed by atoms with Gasteiger partial charge in [0.05, 0.1) is 12.0 Å². The van der Waals surface area contributed by atoms with Gasteiger partial charge in [-0.1, -0.05) is 41.9 Å². The minimum absolute atomic E-state index is 0.203. The van der Waals surface area contributed by atoms with Crippen molar-refractivity contribution in [3.8, 4) is 0 Å². The number of benzene rings is 2. The number of fused-ring (bicyclic) bond motifs is 1. The molecule has 2 atom stereocenters. The van der Waals surface area contributed by atoms with E-state index in [9.17, 15) is 14.4 Å². The van der Waals surface area contributed by atoms with Crippen molar-refractivity contribution in [1.82, 2.24) is 15.3 Å². The number of aromatic nitrogens is 1. The summed E-state index contributed by atoms with van der Waals surface area (Å²) in [7, 11) is 0. The average molecular weight is 533 g/mol. The Morgan fingerprint density at radius 3 is 2.68 bits per heavy atom. The first-order valence-corrected chi connectivity index (χ1v) is 12.4. The molecule has 10 heteroatoms. The fourth-order valence-corrected chi connectivity index (χ4v) is 4.64. The van der Waals surface area contributed by atoms with E-state index in [1.54, 1.807) is 30.5 Å². The van der Waals surface area contributed by atoms with Crippen molar-refractivity contribution in [3.05, 3.63) is 95.0 Å². The highest BCUT2D eigenvalue weighted by Gasteiger charge is 2.35. The molecule has 4 aromatic rings. The molecule has 2 aromatic carbocycles. The van der Waals surface area contributed by atoms with Crippen LogP contribution < -0.4 is 5.32 Å². The van der Waals surface area contributed by atoms with Gasteiger partial charge in [-0.15, -0.1) is 0 Å². The van der Waals surface area contributed by atoms with Crippen LogP contribution in [0.25, 0.3) is 10.9 Å². The fraction of sp³-hybridized carbons (Fsp3) is 0.214. The molecule has 2 unspecified atom stereocenters. The second kappa shape index (κ2) is 10.9. The molecule has 0 spiro atoms. The molecule has 3 heterocycles. The van der Waals surface area contributed by atoms with Crippen LogP contribution in [0.5, 0.6) is 0 Å². The highest BCUT2D eigenvalue weighted by Crippen LogP contribution is 2.33. The lowest BCUT2D eigenvalue weighted by Gasteiger charge is -2.21. The topological polar surface area (TPSA) is 117 Å². The first kappa shape index (κ1) is 25.3. The second-order valence-electron chi connectivity index (χ2n) is 8.95. The van der Waals surface area contributed by atoms with Gasteiger partial charge in [0.15, 0.2) is 6.61 Å². The Hall–Kier alpha value is -4.37. The predicted octanol–water partition coefficient (Wildman–Crippen LogP) is 4.38. The van der Waals surface area contributed by atoms with Crippen LogP contribution in [0.2, 0.25) is 5.02 Å². The van der Waals surface area contributed by atoms with Gasteiger partial charge < -0.3 is 19.5 Å². The third kappa shape index (κ3) is 5.47. The number of hydrogen-bond donors (Lipinski definition) is 2. The standard InChI is InChI=1S/C28H25ClN4O5/c1-17(34)31-24(13-19-15-30-22-6-3-2-5-21(19)22)28(36)38-16-27(35)33-25(26-7-4-12-37-26)14-23(32-33)18-8-10-20(29)11-9-18/h2-12,15,24-25,30H,13-14,16H2,1H3,(H,31,34). The van der Waals surface area contributed by atoms with Gasteiger partial charge in [-0.2, -0.15) is 5.10 Å². The van der Waals surface area contributed by atoms with Crippen LogP contribution in [0.4, 0.5) is 0 Å². The number of hydrogen-bond acceptors (Lipinski definition) is 6. The number of ether oxygens (including phenoxy) is 1. The molecule has 2 aromatic heterocycles. The lowest BCUT2D eigenvalue weighted by Crippen LogP contribution is -2.43. The fourth-order valence-electron chi connectivity index (χ4n) is 4.52. The molecule has 0 bridgehead atoms. The maximum absolute atomic E-state index is 13.2. The van der Waals surface area contributed by atoms with Gasteiger partial charge >= 0.3 is 5.97 Å². The summed E-state index contributed by atoms with van der Waals surface area (Å²) in [5, 5.41) is 9.97. The zero-order valence-corrected chi connectivity index (χ0v) is 21.3. The summed E-state index contributed by atoms with van der Waals surface area (Å²) in [6, 6.07) is 16.9. The van der Waals surface area contributed by atoms with E-state index in [2.05, 4.69) is 15.4 Å². The number of esters is 1. The van der Waals surface area contributed by atoms with E-state index in [0.717, 1.165) is 22.0 Å². The summed E-state index contributed by atoms with van der Waals surface area (Å²) in [5.74, 6) is -1.05. The Balaban J connectivity index is 1.30. The number of hydrazone groups is 1. The summed E-state index contributed by atoms with van der Waals surface area (Å²) in [6.07, 6.45) is 3.95. The van der Waals surface area contributed by atoms with Gasteiger partial charge in [0, 0.05) is 41.9 Å². The zero-order chi connectivity index (χ0) is 26.6. The molecular formula is C28H25ClN4O5. The van der Waals surface area contributed by atoms with Gasteiger partial charge in [-0.3, -0.25) is 9.59 Å². The Kier molecular flexibility index (Phi) is 7.28. The van der Waals surface area contributed by atoms with Crippen LogP contribution >= 0.6 is 11.6 Å². The Morgan fingerprint density at radius 2 is 1.95 bits per heavy atom. The first-order chi connectivity index (χ1) is 18.4. The van der Waals surface area contributed by atoms with Crippen LogP contribution in [-0.2, 0) is 25.5 Å². The van der Waals surface area contributed by atoms with E-state index in [1.807, 2.05) is 36.4 Å². The van der Waals surface area contributed by atoms with E-state index in [1.165, 1.54) is 18.2 Å². The Bertz CT molecular complexity index is 1490. The molecule has 0 saturated heterocycles. The first-order valence-electron chi connectivity index (χ1n) is 12.1. The van der Waals surface area contributed by atoms with E-state index in [4.69, 9.17) is 20.8 Å². The van der Waals surface area contributed by atoms with E-state index in [-0.39, 0.29) is 12.3 Å². The number of rotatable bonds is 8. The van der Waals surface area contributed by atoms with Crippen LogP contribution in [0.15, 0.2) is 82.6 Å². The number of nitrogens with one attached hydrogen (secondary N) is 2. The molecule has 1 aliphatic rings. The van der Waals surface area contributed by atoms with Crippen molar-refractivity contribution >= 4 is 46.0 Å². The van der Waals surface area contributed by atoms with Gasteiger partial charge in [0.25, 0.3) is 5.91 Å². The molecule has 0 radical (unpaired) electrons. The van der Waals surface area contributed by atoms with Crippen molar-refractivity contribution in [2.45, 2.75) is 31.8 Å². The summed E-state index contributed by atoms with van der Waals surface area (Å²) < 4.78 is 10.9. The number of halogens is 1. The number of aromatic amines is 1. The minimum atomic E-state index is -0.966. The van der Waals surface area contributed by atoms with Crippen LogP contribution in [0.1, 0.15) is 36.3 Å². The Labute approximate surface area is 223 Å². The molecule has 1 aliphatic heterocycles. The molecule has 9 nitrogen and oxygen atoms in total. The summed E-state index contributed by atoms with van der Waals surface area (Å²) in [6.45, 7) is 0.781. The number of para-hydroxylation sites is 1. The smallest absolute Gasteiger partial charge is 0.329 e. The number of amides is 2. The molecule has 2 amide bonds. The third-order valence-electron chi connectivity index (χ3n) is 6.31. The van der Waals surface area contributed by atoms with Crippen molar-refractivity contribution in [3.63, 3.8) is 0 Å². The molecule has 38 heavy (non-hydrogen) atoms. The molecule has 0 aliphatic carbocycles. The summed E-state index contributed by atoms with van der Waals surface area (Å²) >= 11 is 6.01. The second-order valence-corrected chi connectivity index (χ2v) is 9.39. The van der Waals surface area contributed by atoms with Gasteiger partial charge in [-0.25, -0.2) is 9.80 Å². The summed E-state index contributed by atoms with van der Waals surface area (Å²) in [4.78, 5) is 41.2. The largest absolute Gasteiger partial charge is 0.467 e. The van der Waals surface area contributed by atoms with Crippen molar-refractivity contribution in [2.75, 3.05) is 6.61 Å². The highest BCUT2D eigenvalue weighted by molar-refractivity contribution is 6.30. The predicted molar refractivity (Wildman–Crippen MR) is 141 cm³/mol. The molecule has 2 N–H and O–H groups in total. The highest BCUT2D eigenvalue weighted by atomic mass is 35.5. The molecule has 0 saturated carbocycles. The summed E-state index contributed by atoms with van der Waals surface area (Å²) in [5.41, 5.74) is 3.26. The lowest BCUT2D eigenvalue weighted by atomic mass is 10.0. The maximum Gasteiger partial charge on any atom is 0.329 e. The maximum atomic E-state index is 13.2. The third-order valence-corrected chi connectivity index (χ3v) is 6.57. The average Bonchev–Trinajstić information content (AvgIpc) is 3.67. The normalized spacial score (nSPS) is 15.8. The number of carbonyl (C=O) groups excluding carboxylic acids is 3. The zero-order valence-electron chi connectivity index (χ0n) is 20.5. The molecular weight excluding hydrogens is 508 g/mol. The van der Waals surface area contributed by atoms with Gasteiger partial charge in [0.2, 0.25) is 5.91 Å². The number of H-pyrrole nitrogens is 1. The van der Waals surface area contributed by atoms with E-state index >= 15 is 0 Å². The van der Waals surface area contributed by atoms with Crippen molar-refractivity contribution in [1.29, 1.82) is 0 Å². The van der Waals surface area contributed by atoms with Crippen molar-refractivity contribution < 1.29 is 23.5 Å². The van der Waals surface area contributed by atoms with Gasteiger partial charge in [-0.05, 0) is 41.5 Å². The molecule has 194 valence electrons. The number of furan rings is 1. The minimum Gasteiger partial charge on any atom is -0.467 e. The van der Waals surface area contributed by atoms with Gasteiger partial charge in [0.1, 0.15) is 17.8 Å². The quantitative estimate of drug-likeness (QED) is 0.327. The van der Waals surface area contributed by atoms with E-state index in [0.29, 0.717) is 22.9 Å². The molecule has 0 fully saturated rings. The number of nitrogens with zero attached hydrogens (tertiary/aromatic N) is 2. The Morgan fingerprint density at radius 1 is 1.16 bits per heavy atom. The SMILES string of the molecule is CC(=O)NC(Cc1c[nH]c2ccccc12)C(=O)OCC(=O)N1N=C(c2ccc(Cl)cc2)CC1c1ccco1. The van der Waals surface area contributed by atoms with Crippen LogP contribution in [0, 0.1) is 0 Å². The van der Waals surface area contributed by atoms with Crippen LogP contribution in [-0.4, -0.2) is 46.1 Å².